The molecule has 300 valence electrons. The average molecular weight is 744 g/mol. The molecule has 0 aromatic carbocycles. The largest absolute Gasteiger partial charge is 0.472 e. The number of carbonyl (C=O) groups is 2. The van der Waals surface area contributed by atoms with E-state index in [2.05, 4.69) is 38.2 Å². The second-order valence-electron chi connectivity index (χ2n) is 14.2. The second kappa shape index (κ2) is 36.8. The summed E-state index contributed by atoms with van der Waals surface area (Å²) in [7, 11) is -0.710. The molecule has 0 aromatic heterocycles. The molecule has 0 fully saturated rings. The number of rotatable bonds is 38. The van der Waals surface area contributed by atoms with E-state index in [0.29, 0.717) is 13.0 Å². The van der Waals surface area contributed by atoms with E-state index in [9.17, 15) is 19.0 Å². The lowest BCUT2D eigenvalue weighted by Gasteiger charge is -2.20. The van der Waals surface area contributed by atoms with Gasteiger partial charge in [0.2, 0.25) is 0 Å². The zero-order valence-corrected chi connectivity index (χ0v) is 34.2. The Hall–Kier alpha value is -1.51. The molecule has 0 saturated carbocycles. The number of esters is 2. The molecule has 0 amide bonds. The van der Waals surface area contributed by atoms with Gasteiger partial charge in [-0.1, -0.05) is 147 Å². The minimum absolute atomic E-state index is 0.00729. The number of allylic oxidation sites excluding steroid dienone is 4. The summed E-state index contributed by atoms with van der Waals surface area (Å²) in [6.07, 6.45) is 36.4. The summed E-state index contributed by atoms with van der Waals surface area (Å²) in [6.45, 7) is 4.28. The first-order valence-electron chi connectivity index (χ1n) is 20.6. The van der Waals surface area contributed by atoms with Crippen LogP contribution in [0.25, 0.3) is 0 Å². The van der Waals surface area contributed by atoms with Crippen molar-refractivity contribution in [3.8, 4) is 0 Å². The Labute approximate surface area is 313 Å². The molecule has 0 rings (SSSR count). The molecule has 0 heterocycles. The molecule has 0 bridgehead atoms. The summed E-state index contributed by atoms with van der Waals surface area (Å²) in [5, 5.41) is 0. The van der Waals surface area contributed by atoms with Gasteiger partial charge in [-0.2, -0.15) is 0 Å². The highest BCUT2D eigenvalue weighted by Crippen LogP contribution is 2.43. The van der Waals surface area contributed by atoms with E-state index >= 15 is 0 Å². The third-order valence-corrected chi connectivity index (χ3v) is 9.75. The highest BCUT2D eigenvalue weighted by atomic mass is 31.2. The molecule has 0 spiro atoms. The van der Waals surface area contributed by atoms with E-state index in [1.54, 1.807) is 0 Å². The monoisotopic (exact) mass is 744 g/mol. The van der Waals surface area contributed by atoms with Gasteiger partial charge in [-0.3, -0.25) is 18.6 Å². The maximum absolute atomic E-state index is 12.6. The van der Waals surface area contributed by atoms with E-state index in [1.807, 2.05) is 19.0 Å². The van der Waals surface area contributed by atoms with Crippen LogP contribution in [0.4, 0.5) is 0 Å². The first-order valence-corrected chi connectivity index (χ1v) is 22.1. The van der Waals surface area contributed by atoms with Crippen LogP contribution in [0.15, 0.2) is 24.3 Å². The normalized spacial score (nSPS) is 13.7. The van der Waals surface area contributed by atoms with Crippen LogP contribution in [-0.2, 0) is 32.7 Å². The molecule has 0 aliphatic carbocycles. The fourth-order valence-electron chi connectivity index (χ4n) is 5.54. The van der Waals surface area contributed by atoms with Gasteiger partial charge in [0, 0.05) is 19.4 Å². The van der Waals surface area contributed by atoms with Gasteiger partial charge in [-0.25, -0.2) is 4.57 Å². The van der Waals surface area contributed by atoms with Crippen LogP contribution < -0.4 is 0 Å². The zero-order valence-electron chi connectivity index (χ0n) is 33.3. The fraction of sp³-hybridized carbons (Fsp3) is 0.854. The maximum atomic E-state index is 12.6. The van der Waals surface area contributed by atoms with Crippen molar-refractivity contribution in [3.63, 3.8) is 0 Å². The van der Waals surface area contributed by atoms with Crippen LogP contribution in [-0.4, -0.2) is 68.3 Å². The first-order chi connectivity index (χ1) is 24.7. The van der Waals surface area contributed by atoms with E-state index < -0.39 is 26.5 Å². The number of ether oxygens (including phenoxy) is 2. The summed E-state index contributed by atoms with van der Waals surface area (Å²) in [5.41, 5.74) is 0. The molecule has 1 N–H and O–H groups in total. The summed E-state index contributed by atoms with van der Waals surface area (Å²) >= 11 is 0. The Bertz CT molecular complexity index is 910. The van der Waals surface area contributed by atoms with Crippen molar-refractivity contribution in [2.24, 2.45) is 0 Å². The van der Waals surface area contributed by atoms with Gasteiger partial charge < -0.3 is 19.3 Å². The molecule has 0 aliphatic rings. The van der Waals surface area contributed by atoms with Crippen LogP contribution in [0.5, 0.6) is 0 Å². The van der Waals surface area contributed by atoms with Crippen LogP contribution in [0, 0.1) is 0 Å². The van der Waals surface area contributed by atoms with Crippen molar-refractivity contribution >= 4 is 19.8 Å². The molecule has 0 aromatic rings. The Morgan fingerprint density at radius 2 is 1.06 bits per heavy atom. The summed E-state index contributed by atoms with van der Waals surface area (Å²) in [6, 6.07) is 0. The van der Waals surface area contributed by atoms with Crippen molar-refractivity contribution in [1.29, 1.82) is 0 Å². The van der Waals surface area contributed by atoms with Crippen molar-refractivity contribution in [3.05, 3.63) is 24.3 Å². The van der Waals surface area contributed by atoms with Gasteiger partial charge >= 0.3 is 19.8 Å². The number of hydrogen-bond acceptors (Lipinski definition) is 8. The predicted octanol–water partition coefficient (Wildman–Crippen LogP) is 11.4. The van der Waals surface area contributed by atoms with Crippen molar-refractivity contribution in [1.82, 2.24) is 4.90 Å². The summed E-state index contributed by atoms with van der Waals surface area (Å²) in [5.74, 6) is -0.809. The van der Waals surface area contributed by atoms with Gasteiger partial charge in [-0.05, 0) is 59.0 Å². The molecule has 10 heteroatoms. The molecule has 2 unspecified atom stereocenters. The van der Waals surface area contributed by atoms with Gasteiger partial charge in [-0.15, -0.1) is 0 Å². The lowest BCUT2D eigenvalue weighted by Crippen LogP contribution is -2.29. The second-order valence-corrected chi connectivity index (χ2v) is 15.6. The lowest BCUT2D eigenvalue weighted by molar-refractivity contribution is -0.161. The number of phosphoric acid groups is 1. The quantitative estimate of drug-likeness (QED) is 0.0286. The number of likely N-dealkylation sites (N-methyl/N-ethyl adjacent to an activating group) is 1. The van der Waals surface area contributed by atoms with E-state index in [4.69, 9.17) is 18.5 Å². The first kappa shape index (κ1) is 49.5. The molecular formula is C41H78NO8P. The van der Waals surface area contributed by atoms with Gasteiger partial charge in [0.05, 0.1) is 13.2 Å². The smallest absolute Gasteiger partial charge is 0.462 e. The molecule has 9 nitrogen and oxygen atoms in total. The van der Waals surface area contributed by atoms with Gasteiger partial charge in [0.1, 0.15) is 6.61 Å². The zero-order chi connectivity index (χ0) is 37.7. The van der Waals surface area contributed by atoms with Gasteiger partial charge in [0.15, 0.2) is 6.10 Å². The number of hydrogen-bond donors (Lipinski definition) is 1. The number of phosphoric ester groups is 1. The van der Waals surface area contributed by atoms with Crippen LogP contribution in [0.2, 0.25) is 0 Å². The summed E-state index contributed by atoms with van der Waals surface area (Å²) < 4.78 is 33.4. The van der Waals surface area contributed by atoms with E-state index in [0.717, 1.165) is 51.4 Å². The minimum atomic E-state index is -4.36. The fourth-order valence-corrected chi connectivity index (χ4v) is 6.28. The standard InChI is InChI=1S/C41H78NO8P/c1-5-7-9-11-13-15-17-18-19-20-21-22-24-26-28-30-32-34-41(44)50-39(38-49-51(45,46)48-36-35-42(3)4)37-47-40(43)33-31-29-27-25-23-16-14-12-10-8-6-2/h13,15,18-19,39H,5-12,14,16-17,20-38H2,1-4H3,(H,45,46)/b15-13-,19-18-. The molecule has 2 atom stereocenters. The number of carbonyl (C=O) groups excluding carboxylic acids is 2. The topological polar surface area (TPSA) is 112 Å². The molecule has 51 heavy (non-hydrogen) atoms. The third-order valence-electron chi connectivity index (χ3n) is 8.76. The van der Waals surface area contributed by atoms with Crippen LogP contribution >= 0.6 is 7.82 Å². The van der Waals surface area contributed by atoms with Crippen molar-refractivity contribution in [2.45, 2.75) is 187 Å². The van der Waals surface area contributed by atoms with E-state index in [1.165, 1.54) is 96.3 Å². The van der Waals surface area contributed by atoms with E-state index in [-0.39, 0.29) is 32.0 Å². The Morgan fingerprint density at radius 3 is 1.59 bits per heavy atom. The Balaban J connectivity index is 4.31. The summed E-state index contributed by atoms with van der Waals surface area (Å²) in [4.78, 5) is 36.9. The molecular weight excluding hydrogens is 665 g/mol. The Morgan fingerprint density at radius 1 is 0.608 bits per heavy atom. The van der Waals surface area contributed by atoms with Gasteiger partial charge in [0.25, 0.3) is 0 Å². The number of unbranched alkanes of at least 4 members (excludes halogenated alkanes) is 20. The lowest BCUT2D eigenvalue weighted by atomic mass is 10.1. The Kier molecular flexibility index (Phi) is 35.7. The highest BCUT2D eigenvalue weighted by molar-refractivity contribution is 7.47. The number of nitrogens with zero attached hydrogens (tertiary/aromatic N) is 1. The predicted molar refractivity (Wildman–Crippen MR) is 211 cm³/mol. The van der Waals surface area contributed by atoms with Crippen molar-refractivity contribution in [2.75, 3.05) is 40.5 Å². The van der Waals surface area contributed by atoms with Crippen LogP contribution in [0.3, 0.4) is 0 Å². The average Bonchev–Trinajstić information content (AvgIpc) is 3.09. The van der Waals surface area contributed by atoms with Crippen molar-refractivity contribution < 1.29 is 37.6 Å². The maximum Gasteiger partial charge on any atom is 0.472 e. The minimum Gasteiger partial charge on any atom is -0.462 e. The molecule has 0 saturated heterocycles. The van der Waals surface area contributed by atoms with Crippen LogP contribution in [0.1, 0.15) is 181 Å². The SMILES string of the molecule is CCCCC/C=C\C/C=C\CCCCCCCCCC(=O)OC(COC(=O)CCCCCCCCCCCCC)COP(=O)(O)OCCN(C)C. The third kappa shape index (κ3) is 38.0. The molecule has 0 aliphatic heterocycles. The molecule has 0 radical (unpaired) electrons. The highest BCUT2D eigenvalue weighted by Gasteiger charge is 2.26.